The molecule has 0 aromatic carbocycles. The number of thiophene rings is 1. The van der Waals surface area contributed by atoms with Gasteiger partial charge >= 0.3 is 0 Å². The highest BCUT2D eigenvalue weighted by Crippen LogP contribution is 2.24. The fourth-order valence-corrected chi connectivity index (χ4v) is 2.86. The number of carbonyl (C=O) groups is 1. The topological polar surface area (TPSA) is 55.6 Å². The van der Waals surface area contributed by atoms with E-state index in [1.54, 1.807) is 18.4 Å². The lowest BCUT2D eigenvalue weighted by Gasteiger charge is -2.29. The lowest BCUT2D eigenvalue weighted by Crippen LogP contribution is -2.47. The Hall–Kier alpha value is -0.910. The van der Waals surface area contributed by atoms with Crippen molar-refractivity contribution in [3.8, 4) is 0 Å². The van der Waals surface area contributed by atoms with Crippen LogP contribution in [-0.2, 0) is 22.5 Å². The van der Waals surface area contributed by atoms with Gasteiger partial charge in [-0.15, -0.1) is 11.3 Å². The van der Waals surface area contributed by atoms with Crippen molar-refractivity contribution >= 4 is 17.2 Å². The first-order chi connectivity index (χ1) is 7.72. The minimum absolute atomic E-state index is 0.0131. The van der Waals surface area contributed by atoms with Gasteiger partial charge in [-0.1, -0.05) is 0 Å². The Morgan fingerprint density at radius 3 is 3.31 bits per heavy atom. The van der Waals surface area contributed by atoms with Crippen LogP contribution in [0.15, 0.2) is 11.4 Å². The van der Waals surface area contributed by atoms with Crippen LogP contribution in [0.1, 0.15) is 10.4 Å². The molecule has 16 heavy (non-hydrogen) atoms. The predicted molar refractivity (Wildman–Crippen MR) is 63.3 cm³/mol. The molecule has 0 aliphatic carbocycles. The highest BCUT2D eigenvalue weighted by atomic mass is 32.1. The van der Waals surface area contributed by atoms with Crippen molar-refractivity contribution in [2.45, 2.75) is 19.0 Å². The third-order valence-corrected chi connectivity index (χ3v) is 3.75. The number of nitrogens with two attached hydrogens (primary N) is 1. The first-order valence-electron chi connectivity index (χ1n) is 5.31. The summed E-state index contributed by atoms with van der Waals surface area (Å²) < 4.78 is 4.90. The molecule has 4 nitrogen and oxygen atoms in total. The summed E-state index contributed by atoms with van der Waals surface area (Å²) in [6, 6.07) is 1.60. The lowest BCUT2D eigenvalue weighted by atomic mass is 10.1. The van der Waals surface area contributed by atoms with Gasteiger partial charge in [-0.25, -0.2) is 0 Å². The summed E-state index contributed by atoms with van der Waals surface area (Å²) in [4.78, 5) is 15.0. The Balaban J connectivity index is 2.00. The Kier molecular flexibility index (Phi) is 3.58. The van der Waals surface area contributed by atoms with Crippen LogP contribution in [0.2, 0.25) is 0 Å². The van der Waals surface area contributed by atoms with Crippen LogP contribution in [0.5, 0.6) is 0 Å². The minimum Gasteiger partial charge on any atom is -0.383 e. The molecule has 2 N–H and O–H groups in total. The largest absolute Gasteiger partial charge is 0.383 e. The molecule has 1 amide bonds. The summed E-state index contributed by atoms with van der Waals surface area (Å²) in [5.74, 6) is -0.0131. The first kappa shape index (κ1) is 11.6. The number of nitrogens with zero attached hydrogens (tertiary/aromatic N) is 1. The molecule has 0 saturated heterocycles. The molecule has 0 radical (unpaired) electrons. The average molecular weight is 240 g/mol. The van der Waals surface area contributed by atoms with Crippen LogP contribution in [0.4, 0.5) is 0 Å². The highest BCUT2D eigenvalue weighted by Gasteiger charge is 2.25. The van der Waals surface area contributed by atoms with E-state index in [1.807, 2.05) is 4.90 Å². The van der Waals surface area contributed by atoms with Gasteiger partial charge in [0.1, 0.15) is 6.04 Å². The number of carbonyl (C=O) groups excluding carboxylic acids is 1. The van der Waals surface area contributed by atoms with E-state index < -0.39 is 6.04 Å². The average Bonchev–Trinajstić information content (AvgIpc) is 2.75. The van der Waals surface area contributed by atoms with Crippen LogP contribution in [-0.4, -0.2) is 37.1 Å². The van der Waals surface area contributed by atoms with E-state index in [4.69, 9.17) is 10.5 Å². The molecule has 0 fully saturated rings. The molecular formula is C11H16N2O2S. The number of rotatable bonds is 3. The molecule has 1 aromatic heterocycles. The maximum atomic E-state index is 11.9. The van der Waals surface area contributed by atoms with Crippen LogP contribution in [0.25, 0.3) is 0 Å². The van der Waals surface area contributed by atoms with Crippen LogP contribution >= 0.6 is 11.3 Å². The number of hydrogen-bond donors (Lipinski definition) is 1. The molecule has 0 saturated carbocycles. The third kappa shape index (κ3) is 2.26. The molecule has 0 spiro atoms. The van der Waals surface area contributed by atoms with Crippen molar-refractivity contribution < 1.29 is 9.53 Å². The number of fused-ring (bicyclic) bond motifs is 1. The molecule has 2 rings (SSSR count). The standard InChI is InChI=1S/C11H16N2O2S/c1-15-7-9(12)11(14)13-4-2-8-3-5-16-10(8)6-13/h3,5,9H,2,4,6-7,12H2,1H3. The van der Waals surface area contributed by atoms with E-state index in [9.17, 15) is 4.79 Å². The van der Waals surface area contributed by atoms with E-state index in [0.29, 0.717) is 6.54 Å². The van der Waals surface area contributed by atoms with Gasteiger partial charge in [0.05, 0.1) is 13.2 Å². The predicted octanol–water partition coefficient (Wildman–Crippen LogP) is 0.607. The zero-order chi connectivity index (χ0) is 11.5. The zero-order valence-corrected chi connectivity index (χ0v) is 10.1. The monoisotopic (exact) mass is 240 g/mol. The van der Waals surface area contributed by atoms with Gasteiger partial charge in [0.2, 0.25) is 5.91 Å². The van der Waals surface area contributed by atoms with E-state index in [2.05, 4.69) is 11.4 Å². The molecule has 1 aromatic rings. The van der Waals surface area contributed by atoms with Gasteiger partial charge in [-0.2, -0.15) is 0 Å². The summed E-state index contributed by atoms with van der Waals surface area (Å²) in [7, 11) is 1.56. The molecule has 5 heteroatoms. The minimum atomic E-state index is -0.536. The van der Waals surface area contributed by atoms with Gasteiger partial charge < -0.3 is 15.4 Å². The molecule has 88 valence electrons. The van der Waals surface area contributed by atoms with Crippen LogP contribution in [0, 0.1) is 0 Å². The maximum Gasteiger partial charge on any atom is 0.242 e. The number of amides is 1. The quantitative estimate of drug-likeness (QED) is 0.842. The molecule has 1 atom stereocenters. The highest BCUT2D eigenvalue weighted by molar-refractivity contribution is 7.10. The van der Waals surface area contributed by atoms with Crippen molar-refractivity contribution in [1.82, 2.24) is 4.90 Å². The van der Waals surface area contributed by atoms with Gasteiger partial charge in [-0.3, -0.25) is 4.79 Å². The zero-order valence-electron chi connectivity index (χ0n) is 9.31. The van der Waals surface area contributed by atoms with E-state index in [1.165, 1.54) is 10.4 Å². The number of methoxy groups -OCH3 is 1. The van der Waals surface area contributed by atoms with Gasteiger partial charge in [-0.05, 0) is 23.4 Å². The summed E-state index contributed by atoms with van der Waals surface area (Å²) >= 11 is 1.71. The molecule has 1 unspecified atom stereocenters. The Bertz CT molecular complexity index is 378. The summed E-state index contributed by atoms with van der Waals surface area (Å²) in [5, 5.41) is 2.08. The van der Waals surface area contributed by atoms with Gasteiger partial charge in [0, 0.05) is 18.5 Å². The molecule has 2 heterocycles. The Morgan fingerprint density at radius 2 is 2.56 bits per heavy atom. The molecule has 0 bridgehead atoms. The second kappa shape index (κ2) is 4.95. The summed E-state index contributed by atoms with van der Waals surface area (Å²) in [6.07, 6.45) is 0.935. The van der Waals surface area contributed by atoms with Crippen LogP contribution in [0.3, 0.4) is 0 Å². The van der Waals surface area contributed by atoms with Crippen LogP contribution < -0.4 is 5.73 Å². The maximum absolute atomic E-state index is 11.9. The van der Waals surface area contributed by atoms with E-state index in [0.717, 1.165) is 13.0 Å². The third-order valence-electron chi connectivity index (χ3n) is 2.80. The lowest BCUT2D eigenvalue weighted by molar-refractivity contribution is -0.134. The number of ether oxygens (including phenoxy) is 1. The fraction of sp³-hybridized carbons (Fsp3) is 0.545. The van der Waals surface area contributed by atoms with Gasteiger partial charge in [0.15, 0.2) is 0 Å². The Labute approximate surface area is 99.0 Å². The molecule has 1 aliphatic heterocycles. The van der Waals surface area contributed by atoms with Gasteiger partial charge in [0.25, 0.3) is 0 Å². The summed E-state index contributed by atoms with van der Waals surface area (Å²) in [6.45, 7) is 1.75. The van der Waals surface area contributed by atoms with E-state index >= 15 is 0 Å². The van der Waals surface area contributed by atoms with E-state index in [-0.39, 0.29) is 12.5 Å². The SMILES string of the molecule is COCC(N)C(=O)N1CCc2ccsc2C1. The van der Waals surface area contributed by atoms with Crippen molar-refractivity contribution in [2.24, 2.45) is 5.73 Å². The molecular weight excluding hydrogens is 224 g/mol. The smallest absolute Gasteiger partial charge is 0.242 e. The number of hydrogen-bond acceptors (Lipinski definition) is 4. The normalized spacial score (nSPS) is 17.0. The second-order valence-corrected chi connectivity index (χ2v) is 4.94. The molecule has 1 aliphatic rings. The van der Waals surface area contributed by atoms with Crippen molar-refractivity contribution in [2.75, 3.05) is 20.3 Å². The second-order valence-electron chi connectivity index (χ2n) is 3.94. The fourth-order valence-electron chi connectivity index (χ4n) is 1.91. The Morgan fingerprint density at radius 1 is 1.75 bits per heavy atom. The van der Waals surface area contributed by atoms with Crippen molar-refractivity contribution in [3.63, 3.8) is 0 Å². The summed E-state index contributed by atoms with van der Waals surface area (Å²) in [5.41, 5.74) is 7.11. The first-order valence-corrected chi connectivity index (χ1v) is 6.19. The van der Waals surface area contributed by atoms with Crippen molar-refractivity contribution in [3.05, 3.63) is 21.9 Å². The van der Waals surface area contributed by atoms with Crippen molar-refractivity contribution in [1.29, 1.82) is 0 Å².